The predicted octanol–water partition coefficient (Wildman–Crippen LogP) is 5.13. The van der Waals surface area contributed by atoms with Gasteiger partial charge in [-0.2, -0.15) is 0 Å². The third-order valence-electron chi connectivity index (χ3n) is 5.58. The van der Waals surface area contributed by atoms with Crippen molar-refractivity contribution >= 4 is 34.3 Å². The first-order valence-corrected chi connectivity index (χ1v) is 11.5. The molecule has 4 rings (SSSR count). The minimum atomic E-state index is -0.515. The first-order valence-electron chi connectivity index (χ1n) is 10.6. The van der Waals surface area contributed by atoms with Crippen LogP contribution in [0.1, 0.15) is 18.1 Å². The Labute approximate surface area is 196 Å². The Balaban J connectivity index is 1.76. The molecule has 0 saturated carbocycles. The SMILES string of the molecule is COc1ccccc1NC(=O)[C@@H](C)Sc1nc2ccccc2c(=O)n1-c1cccc(C)c1C. The highest BCUT2D eigenvalue weighted by Gasteiger charge is 2.22. The van der Waals surface area contributed by atoms with Crippen LogP contribution in [0.5, 0.6) is 5.75 Å². The number of amides is 1. The smallest absolute Gasteiger partial charge is 0.266 e. The van der Waals surface area contributed by atoms with Gasteiger partial charge >= 0.3 is 0 Å². The Morgan fingerprint density at radius 1 is 1.03 bits per heavy atom. The average Bonchev–Trinajstić information content (AvgIpc) is 2.82. The van der Waals surface area contributed by atoms with Crippen LogP contribution < -0.4 is 15.6 Å². The summed E-state index contributed by atoms with van der Waals surface area (Å²) in [6.07, 6.45) is 0. The molecule has 168 valence electrons. The number of nitrogens with one attached hydrogen (secondary N) is 1. The van der Waals surface area contributed by atoms with Gasteiger partial charge in [-0.05, 0) is 62.2 Å². The number of anilines is 1. The zero-order valence-electron chi connectivity index (χ0n) is 19.0. The van der Waals surface area contributed by atoms with Gasteiger partial charge in [-0.1, -0.05) is 48.2 Å². The van der Waals surface area contributed by atoms with E-state index in [1.165, 1.54) is 11.8 Å². The van der Waals surface area contributed by atoms with E-state index in [9.17, 15) is 9.59 Å². The lowest BCUT2D eigenvalue weighted by molar-refractivity contribution is -0.115. The molecule has 1 N–H and O–H groups in total. The number of nitrogens with zero attached hydrogens (tertiary/aromatic N) is 2. The third-order valence-corrected chi connectivity index (χ3v) is 6.63. The van der Waals surface area contributed by atoms with Crippen molar-refractivity contribution in [1.29, 1.82) is 0 Å². The standard InChI is InChI=1S/C26H25N3O3S/c1-16-10-9-14-22(17(16)2)29-25(31)19-11-5-6-12-20(19)28-26(29)33-18(3)24(30)27-21-13-7-8-15-23(21)32-4/h5-15,18H,1-4H3,(H,27,30)/t18-/m1/s1. The molecule has 0 fully saturated rings. The van der Waals surface area contributed by atoms with Crippen molar-refractivity contribution in [3.05, 3.63) is 88.2 Å². The lowest BCUT2D eigenvalue weighted by atomic mass is 10.1. The van der Waals surface area contributed by atoms with Gasteiger partial charge in [-0.15, -0.1) is 0 Å². The number of ether oxygens (including phenoxy) is 1. The molecular weight excluding hydrogens is 434 g/mol. The van der Waals surface area contributed by atoms with Crippen LogP contribution in [0.3, 0.4) is 0 Å². The molecule has 0 saturated heterocycles. The van der Waals surface area contributed by atoms with Crippen molar-refractivity contribution in [3.8, 4) is 11.4 Å². The van der Waals surface area contributed by atoms with Gasteiger partial charge in [-0.25, -0.2) is 4.98 Å². The number of hydrogen-bond donors (Lipinski definition) is 1. The largest absolute Gasteiger partial charge is 0.495 e. The maximum Gasteiger partial charge on any atom is 0.266 e. The van der Waals surface area contributed by atoms with E-state index in [1.54, 1.807) is 36.8 Å². The highest BCUT2D eigenvalue weighted by Crippen LogP contribution is 2.29. The van der Waals surface area contributed by atoms with E-state index in [0.29, 0.717) is 27.5 Å². The van der Waals surface area contributed by atoms with Crippen molar-refractivity contribution < 1.29 is 9.53 Å². The fourth-order valence-electron chi connectivity index (χ4n) is 3.58. The number of carbonyl (C=O) groups excluding carboxylic acids is 1. The van der Waals surface area contributed by atoms with Gasteiger partial charge in [0.15, 0.2) is 5.16 Å². The highest BCUT2D eigenvalue weighted by molar-refractivity contribution is 8.00. The van der Waals surface area contributed by atoms with Crippen LogP contribution in [-0.2, 0) is 4.79 Å². The second kappa shape index (κ2) is 9.50. The van der Waals surface area contributed by atoms with Crippen LogP contribution in [0.2, 0.25) is 0 Å². The molecule has 0 aliphatic rings. The average molecular weight is 460 g/mol. The molecule has 1 atom stereocenters. The van der Waals surface area contributed by atoms with Crippen molar-refractivity contribution in [2.45, 2.75) is 31.2 Å². The van der Waals surface area contributed by atoms with E-state index in [1.807, 2.05) is 62.4 Å². The molecule has 0 unspecified atom stereocenters. The van der Waals surface area contributed by atoms with E-state index in [0.717, 1.165) is 16.8 Å². The minimum Gasteiger partial charge on any atom is -0.495 e. The molecule has 0 radical (unpaired) electrons. The first kappa shape index (κ1) is 22.6. The van der Waals surface area contributed by atoms with Gasteiger partial charge in [0.2, 0.25) is 5.91 Å². The van der Waals surface area contributed by atoms with E-state index in [2.05, 4.69) is 5.32 Å². The van der Waals surface area contributed by atoms with E-state index < -0.39 is 5.25 Å². The number of rotatable bonds is 6. The number of para-hydroxylation sites is 3. The summed E-state index contributed by atoms with van der Waals surface area (Å²) in [5.74, 6) is 0.374. The number of hydrogen-bond acceptors (Lipinski definition) is 5. The highest BCUT2D eigenvalue weighted by atomic mass is 32.2. The monoisotopic (exact) mass is 459 g/mol. The Morgan fingerprint density at radius 3 is 2.55 bits per heavy atom. The lowest BCUT2D eigenvalue weighted by Gasteiger charge is -2.19. The number of thioether (sulfide) groups is 1. The van der Waals surface area contributed by atoms with Crippen LogP contribution in [0.25, 0.3) is 16.6 Å². The summed E-state index contributed by atoms with van der Waals surface area (Å²) < 4.78 is 6.94. The van der Waals surface area contributed by atoms with Gasteiger partial charge < -0.3 is 10.1 Å². The molecule has 1 heterocycles. The van der Waals surface area contributed by atoms with Gasteiger partial charge in [-0.3, -0.25) is 14.2 Å². The number of fused-ring (bicyclic) bond motifs is 1. The minimum absolute atomic E-state index is 0.158. The van der Waals surface area contributed by atoms with Crippen molar-refractivity contribution in [3.63, 3.8) is 0 Å². The van der Waals surface area contributed by atoms with Crippen LogP contribution >= 0.6 is 11.8 Å². The van der Waals surface area contributed by atoms with Crippen molar-refractivity contribution in [2.75, 3.05) is 12.4 Å². The van der Waals surface area contributed by atoms with E-state index in [-0.39, 0.29) is 11.5 Å². The number of aryl methyl sites for hydroxylation is 1. The first-order chi connectivity index (χ1) is 15.9. The topological polar surface area (TPSA) is 73.2 Å². The van der Waals surface area contributed by atoms with E-state index >= 15 is 0 Å². The molecule has 3 aromatic carbocycles. The summed E-state index contributed by atoms with van der Waals surface area (Å²) in [6, 6.07) is 20.4. The number of benzene rings is 3. The zero-order valence-corrected chi connectivity index (χ0v) is 19.8. The second-order valence-electron chi connectivity index (χ2n) is 7.72. The summed E-state index contributed by atoms with van der Waals surface area (Å²) in [5.41, 5.74) is 3.86. The van der Waals surface area contributed by atoms with Crippen molar-refractivity contribution in [1.82, 2.24) is 9.55 Å². The Bertz CT molecular complexity index is 1400. The van der Waals surface area contributed by atoms with Crippen LogP contribution in [0.4, 0.5) is 5.69 Å². The fraction of sp³-hybridized carbons (Fsp3) is 0.192. The summed E-state index contributed by atoms with van der Waals surface area (Å²) in [7, 11) is 1.56. The Hall–Kier alpha value is -3.58. The van der Waals surface area contributed by atoms with Gasteiger partial charge in [0, 0.05) is 0 Å². The normalized spacial score (nSPS) is 11.9. The van der Waals surface area contributed by atoms with Crippen LogP contribution in [-0.4, -0.2) is 27.8 Å². The molecular formula is C26H25N3O3S. The number of carbonyl (C=O) groups is 1. The molecule has 6 nitrogen and oxygen atoms in total. The van der Waals surface area contributed by atoms with Crippen LogP contribution in [0.15, 0.2) is 76.7 Å². The molecule has 33 heavy (non-hydrogen) atoms. The molecule has 4 aromatic rings. The molecule has 0 aliphatic heterocycles. The quantitative estimate of drug-likeness (QED) is 0.320. The summed E-state index contributed by atoms with van der Waals surface area (Å²) in [4.78, 5) is 31.3. The Morgan fingerprint density at radius 2 is 1.76 bits per heavy atom. The van der Waals surface area contributed by atoms with E-state index in [4.69, 9.17) is 9.72 Å². The van der Waals surface area contributed by atoms with Crippen LogP contribution in [0, 0.1) is 13.8 Å². The zero-order chi connectivity index (χ0) is 23.5. The molecule has 7 heteroatoms. The fourth-order valence-corrected chi connectivity index (χ4v) is 4.50. The van der Waals surface area contributed by atoms with Gasteiger partial charge in [0.05, 0.1) is 34.6 Å². The third kappa shape index (κ3) is 4.50. The Kier molecular flexibility index (Phi) is 6.51. The van der Waals surface area contributed by atoms with Gasteiger partial charge in [0.25, 0.3) is 5.56 Å². The molecule has 0 spiro atoms. The second-order valence-corrected chi connectivity index (χ2v) is 9.03. The summed E-state index contributed by atoms with van der Waals surface area (Å²) in [6.45, 7) is 5.79. The molecule has 0 aliphatic carbocycles. The predicted molar refractivity (Wildman–Crippen MR) is 134 cm³/mol. The molecule has 1 amide bonds. The maximum atomic E-state index is 13.5. The maximum absolute atomic E-state index is 13.5. The number of aromatic nitrogens is 2. The molecule has 1 aromatic heterocycles. The summed E-state index contributed by atoms with van der Waals surface area (Å²) >= 11 is 1.25. The summed E-state index contributed by atoms with van der Waals surface area (Å²) in [5, 5.41) is 3.40. The number of methoxy groups -OCH3 is 1. The lowest BCUT2D eigenvalue weighted by Crippen LogP contribution is -2.26. The van der Waals surface area contributed by atoms with Gasteiger partial charge in [0.1, 0.15) is 5.75 Å². The van der Waals surface area contributed by atoms with Crippen molar-refractivity contribution in [2.24, 2.45) is 0 Å². The molecule has 0 bridgehead atoms.